The van der Waals surface area contributed by atoms with Gasteiger partial charge in [0.15, 0.2) is 0 Å². The molecule has 1 unspecified atom stereocenters. The molecule has 0 aromatic heterocycles. The highest BCUT2D eigenvalue weighted by atomic mass is 79.9. The Balaban J connectivity index is 3.14. The first-order valence-corrected chi connectivity index (χ1v) is 7.98. The fourth-order valence-corrected chi connectivity index (χ4v) is 2.99. The summed E-state index contributed by atoms with van der Waals surface area (Å²) in [6.45, 7) is 7.67. The van der Waals surface area contributed by atoms with E-state index in [1.807, 2.05) is 6.07 Å². The van der Waals surface area contributed by atoms with Crippen LogP contribution < -0.4 is 14.8 Å². The lowest BCUT2D eigenvalue weighted by Crippen LogP contribution is -2.24. The number of hydrogen-bond acceptors (Lipinski definition) is 3. The topological polar surface area (TPSA) is 30.5 Å². The van der Waals surface area contributed by atoms with E-state index in [9.17, 15) is 0 Å². The van der Waals surface area contributed by atoms with Gasteiger partial charge in [-0.25, -0.2) is 0 Å². The minimum atomic E-state index is 0.298. The molecule has 0 aliphatic carbocycles. The van der Waals surface area contributed by atoms with Crippen LogP contribution in [0.1, 0.15) is 45.2 Å². The first kappa shape index (κ1) is 17.3. The van der Waals surface area contributed by atoms with Gasteiger partial charge in [-0.05, 0) is 53.4 Å². The lowest BCUT2D eigenvalue weighted by Gasteiger charge is -2.24. The van der Waals surface area contributed by atoms with Gasteiger partial charge in [0, 0.05) is 11.6 Å². The van der Waals surface area contributed by atoms with Crippen molar-refractivity contribution in [1.82, 2.24) is 5.32 Å². The van der Waals surface area contributed by atoms with Gasteiger partial charge in [-0.2, -0.15) is 0 Å². The molecule has 20 heavy (non-hydrogen) atoms. The van der Waals surface area contributed by atoms with Crippen molar-refractivity contribution in [3.63, 3.8) is 0 Å². The highest BCUT2D eigenvalue weighted by Crippen LogP contribution is 2.40. The summed E-state index contributed by atoms with van der Waals surface area (Å²) in [5.41, 5.74) is 1.18. The van der Waals surface area contributed by atoms with Gasteiger partial charge in [0.1, 0.15) is 16.0 Å². The Hall–Kier alpha value is -0.740. The quantitative estimate of drug-likeness (QED) is 0.750. The summed E-state index contributed by atoms with van der Waals surface area (Å²) in [7, 11) is 3.37. The smallest absolute Gasteiger partial charge is 0.141 e. The number of methoxy groups -OCH3 is 2. The zero-order chi connectivity index (χ0) is 15.1. The number of benzene rings is 1. The number of nitrogens with one attached hydrogen (secondary N) is 1. The van der Waals surface area contributed by atoms with Gasteiger partial charge in [0.25, 0.3) is 0 Å². The third kappa shape index (κ3) is 4.38. The van der Waals surface area contributed by atoms with Crippen LogP contribution in [0.25, 0.3) is 0 Å². The summed E-state index contributed by atoms with van der Waals surface area (Å²) in [6, 6.07) is 4.38. The number of ether oxygens (including phenoxy) is 2. The third-order valence-electron chi connectivity index (χ3n) is 3.24. The van der Waals surface area contributed by atoms with Crippen LogP contribution in [0.4, 0.5) is 0 Å². The lowest BCUT2D eigenvalue weighted by molar-refractivity contribution is 0.368. The van der Waals surface area contributed by atoms with E-state index in [2.05, 4.69) is 48.1 Å². The zero-order valence-corrected chi connectivity index (χ0v) is 14.7. The van der Waals surface area contributed by atoms with Crippen molar-refractivity contribution in [3.05, 3.63) is 22.2 Å². The van der Waals surface area contributed by atoms with Crippen LogP contribution in [0.2, 0.25) is 0 Å². The maximum absolute atomic E-state index is 5.59. The lowest BCUT2D eigenvalue weighted by atomic mass is 9.96. The van der Waals surface area contributed by atoms with Crippen LogP contribution in [-0.4, -0.2) is 20.8 Å². The highest BCUT2D eigenvalue weighted by Gasteiger charge is 2.20. The van der Waals surface area contributed by atoms with E-state index in [4.69, 9.17) is 9.47 Å². The van der Waals surface area contributed by atoms with E-state index >= 15 is 0 Å². The summed E-state index contributed by atoms with van der Waals surface area (Å²) < 4.78 is 11.8. The van der Waals surface area contributed by atoms with Crippen molar-refractivity contribution in [2.24, 2.45) is 5.92 Å². The first-order chi connectivity index (χ1) is 9.54. The van der Waals surface area contributed by atoms with E-state index in [0.717, 1.165) is 35.4 Å². The summed E-state index contributed by atoms with van der Waals surface area (Å²) in [4.78, 5) is 0. The Bertz CT molecular complexity index is 421. The van der Waals surface area contributed by atoms with E-state index in [1.165, 1.54) is 5.56 Å². The number of hydrogen-bond donors (Lipinski definition) is 1. The largest absolute Gasteiger partial charge is 0.495 e. The van der Waals surface area contributed by atoms with Crippen LogP contribution in [0.5, 0.6) is 11.5 Å². The molecule has 0 fully saturated rings. The summed E-state index contributed by atoms with van der Waals surface area (Å²) in [5.74, 6) is 2.28. The molecule has 3 nitrogen and oxygen atoms in total. The van der Waals surface area contributed by atoms with Gasteiger partial charge < -0.3 is 14.8 Å². The van der Waals surface area contributed by atoms with Gasteiger partial charge in [-0.3, -0.25) is 0 Å². The van der Waals surface area contributed by atoms with Crippen molar-refractivity contribution >= 4 is 15.9 Å². The molecule has 0 aliphatic heterocycles. The minimum absolute atomic E-state index is 0.298. The molecule has 1 aromatic rings. The molecular formula is C16H26BrNO2. The molecular weight excluding hydrogens is 318 g/mol. The number of rotatable bonds is 8. The molecule has 0 radical (unpaired) electrons. The van der Waals surface area contributed by atoms with Gasteiger partial charge in [0.2, 0.25) is 0 Å². The van der Waals surface area contributed by atoms with Crippen molar-refractivity contribution in [2.45, 2.75) is 39.7 Å². The van der Waals surface area contributed by atoms with Crippen molar-refractivity contribution < 1.29 is 9.47 Å². The van der Waals surface area contributed by atoms with Crippen LogP contribution in [0.3, 0.4) is 0 Å². The maximum Gasteiger partial charge on any atom is 0.141 e. The molecule has 1 rings (SSSR count). The van der Waals surface area contributed by atoms with E-state index in [0.29, 0.717) is 12.0 Å². The predicted molar refractivity (Wildman–Crippen MR) is 87.7 cm³/mol. The van der Waals surface area contributed by atoms with Gasteiger partial charge >= 0.3 is 0 Å². The van der Waals surface area contributed by atoms with Crippen LogP contribution in [0, 0.1) is 5.92 Å². The average Bonchev–Trinajstić information content (AvgIpc) is 2.42. The summed E-state index contributed by atoms with van der Waals surface area (Å²) in [5, 5.41) is 3.61. The van der Waals surface area contributed by atoms with Crippen LogP contribution in [0.15, 0.2) is 16.6 Å². The molecule has 1 N–H and O–H groups in total. The molecule has 0 saturated heterocycles. The number of halogens is 1. The average molecular weight is 344 g/mol. The minimum Gasteiger partial charge on any atom is -0.495 e. The first-order valence-electron chi connectivity index (χ1n) is 7.18. The second kappa shape index (κ2) is 8.53. The normalized spacial score (nSPS) is 12.6. The fourth-order valence-electron chi connectivity index (χ4n) is 2.30. The summed E-state index contributed by atoms with van der Waals surface area (Å²) in [6.07, 6.45) is 2.20. The highest BCUT2D eigenvalue weighted by molar-refractivity contribution is 9.10. The zero-order valence-electron chi connectivity index (χ0n) is 13.1. The maximum atomic E-state index is 5.59. The molecule has 0 aliphatic rings. The van der Waals surface area contributed by atoms with Gasteiger partial charge in [0.05, 0.1) is 14.2 Å². The second-order valence-electron chi connectivity index (χ2n) is 5.34. The van der Waals surface area contributed by atoms with Crippen molar-refractivity contribution in [2.75, 3.05) is 20.8 Å². The Kier molecular flexibility index (Phi) is 7.38. The second-order valence-corrected chi connectivity index (χ2v) is 6.13. The third-order valence-corrected chi connectivity index (χ3v) is 3.99. The van der Waals surface area contributed by atoms with E-state index in [-0.39, 0.29) is 0 Å². The van der Waals surface area contributed by atoms with E-state index < -0.39 is 0 Å². The fraction of sp³-hybridized carbons (Fsp3) is 0.625. The Morgan fingerprint density at radius 1 is 1.20 bits per heavy atom. The SMILES string of the molecule is CCCNC(CC(C)C)c1ccc(OC)c(Br)c1OC. The standard InChI is InChI=1S/C16H26BrNO2/c1-6-9-18-13(10-11(2)3)12-7-8-14(19-4)15(17)16(12)20-5/h7-8,11,13,18H,6,9-10H2,1-5H3. The Morgan fingerprint density at radius 2 is 1.90 bits per heavy atom. The van der Waals surface area contributed by atoms with E-state index in [1.54, 1.807) is 14.2 Å². The monoisotopic (exact) mass is 343 g/mol. The van der Waals surface area contributed by atoms with Gasteiger partial charge in [-0.1, -0.05) is 20.8 Å². The molecule has 4 heteroatoms. The van der Waals surface area contributed by atoms with Crippen molar-refractivity contribution in [3.8, 4) is 11.5 Å². The van der Waals surface area contributed by atoms with Crippen LogP contribution >= 0.6 is 15.9 Å². The molecule has 114 valence electrons. The van der Waals surface area contributed by atoms with Gasteiger partial charge in [-0.15, -0.1) is 0 Å². The molecule has 0 amide bonds. The molecule has 0 heterocycles. The molecule has 1 atom stereocenters. The summed E-state index contributed by atoms with van der Waals surface area (Å²) >= 11 is 3.58. The van der Waals surface area contributed by atoms with Crippen LogP contribution in [-0.2, 0) is 0 Å². The predicted octanol–water partition coefficient (Wildman–Crippen LogP) is 4.55. The Labute approximate surface area is 131 Å². The molecule has 0 bridgehead atoms. The van der Waals surface area contributed by atoms with Crippen molar-refractivity contribution in [1.29, 1.82) is 0 Å². The molecule has 0 spiro atoms. The Morgan fingerprint density at radius 3 is 2.40 bits per heavy atom. The molecule has 1 aromatic carbocycles. The molecule has 0 saturated carbocycles.